The molecule has 0 atom stereocenters. The number of amides is 1. The molecule has 1 saturated heterocycles. The van der Waals surface area contributed by atoms with E-state index in [9.17, 15) is 4.79 Å². The van der Waals surface area contributed by atoms with Crippen molar-refractivity contribution in [2.75, 3.05) is 13.1 Å². The summed E-state index contributed by atoms with van der Waals surface area (Å²) in [5, 5.41) is 3.39. The van der Waals surface area contributed by atoms with Crippen molar-refractivity contribution in [2.45, 2.75) is 64.5 Å². The Kier molecular flexibility index (Phi) is 4.43. The Morgan fingerprint density at radius 1 is 1.18 bits per heavy atom. The molecular formula is C14H26N2O. The van der Waals surface area contributed by atoms with E-state index in [0.29, 0.717) is 23.9 Å². The van der Waals surface area contributed by atoms with Crippen LogP contribution >= 0.6 is 0 Å². The summed E-state index contributed by atoms with van der Waals surface area (Å²) in [6.07, 6.45) is 6.77. The molecule has 3 nitrogen and oxygen atoms in total. The van der Waals surface area contributed by atoms with Crippen LogP contribution in [-0.2, 0) is 4.79 Å². The summed E-state index contributed by atoms with van der Waals surface area (Å²) in [7, 11) is 0. The van der Waals surface area contributed by atoms with Crippen molar-refractivity contribution >= 4 is 5.91 Å². The predicted molar refractivity (Wildman–Crippen MR) is 69.8 cm³/mol. The van der Waals surface area contributed by atoms with Gasteiger partial charge in [0.25, 0.3) is 0 Å². The van der Waals surface area contributed by atoms with E-state index in [1.54, 1.807) is 0 Å². The Bertz CT molecular complexity index is 255. The zero-order valence-corrected chi connectivity index (χ0v) is 11.2. The first kappa shape index (κ1) is 12.9. The predicted octanol–water partition coefficient (Wildman–Crippen LogP) is 2.17. The number of nitrogens with one attached hydrogen (secondary N) is 1. The van der Waals surface area contributed by atoms with E-state index in [1.807, 2.05) is 0 Å². The highest BCUT2D eigenvalue weighted by atomic mass is 16.2. The fraction of sp³-hybridized carbons (Fsp3) is 0.929. The van der Waals surface area contributed by atoms with Gasteiger partial charge in [0.15, 0.2) is 0 Å². The van der Waals surface area contributed by atoms with Crippen molar-refractivity contribution in [3.63, 3.8) is 0 Å². The number of nitrogens with zero attached hydrogens (tertiary/aromatic N) is 1. The fourth-order valence-electron chi connectivity index (χ4n) is 2.91. The molecule has 1 N–H and O–H groups in total. The van der Waals surface area contributed by atoms with Gasteiger partial charge < -0.3 is 10.2 Å². The molecule has 2 aliphatic rings. The first-order valence-corrected chi connectivity index (χ1v) is 7.20. The Morgan fingerprint density at radius 3 is 2.24 bits per heavy atom. The van der Waals surface area contributed by atoms with Gasteiger partial charge in [-0.15, -0.1) is 0 Å². The minimum Gasteiger partial charge on any atom is -0.337 e. The maximum absolute atomic E-state index is 12.4. The number of rotatable bonds is 4. The van der Waals surface area contributed by atoms with Gasteiger partial charge >= 0.3 is 0 Å². The van der Waals surface area contributed by atoms with E-state index in [0.717, 1.165) is 32.4 Å². The number of carbonyl (C=O) groups excluding carboxylic acids is 1. The molecule has 1 heterocycles. The second-order valence-electron chi connectivity index (χ2n) is 5.96. The summed E-state index contributed by atoms with van der Waals surface area (Å²) in [6.45, 7) is 6.42. The molecule has 0 aromatic carbocycles. The van der Waals surface area contributed by atoms with E-state index in [4.69, 9.17) is 0 Å². The average Bonchev–Trinajstić information content (AvgIpc) is 2.23. The SMILES string of the molecule is CC(C)CC(=O)N(C1CCC1)C1CCNCC1. The molecule has 1 saturated carbocycles. The van der Waals surface area contributed by atoms with Crippen LogP contribution in [0.4, 0.5) is 0 Å². The molecular weight excluding hydrogens is 212 g/mol. The van der Waals surface area contributed by atoms with Gasteiger partial charge in [-0.1, -0.05) is 13.8 Å². The third-order valence-electron chi connectivity index (χ3n) is 4.04. The molecule has 1 aliphatic heterocycles. The lowest BCUT2D eigenvalue weighted by Gasteiger charge is -2.44. The summed E-state index contributed by atoms with van der Waals surface area (Å²) in [4.78, 5) is 14.6. The van der Waals surface area contributed by atoms with Crippen LogP contribution in [0.2, 0.25) is 0 Å². The van der Waals surface area contributed by atoms with Crippen LogP contribution < -0.4 is 5.32 Å². The molecule has 0 spiro atoms. The van der Waals surface area contributed by atoms with Crippen LogP contribution in [0, 0.1) is 5.92 Å². The molecule has 0 bridgehead atoms. The van der Waals surface area contributed by atoms with Crippen molar-refractivity contribution in [1.82, 2.24) is 10.2 Å². The molecule has 0 unspecified atom stereocenters. The van der Waals surface area contributed by atoms with Gasteiger partial charge in [0.2, 0.25) is 5.91 Å². The molecule has 3 heteroatoms. The van der Waals surface area contributed by atoms with Gasteiger partial charge in [-0.05, 0) is 51.1 Å². The standard InChI is InChI=1S/C14H26N2O/c1-11(2)10-14(17)16(12-4-3-5-12)13-6-8-15-9-7-13/h11-13,15H,3-10H2,1-2H3. The highest BCUT2D eigenvalue weighted by Gasteiger charge is 2.34. The molecule has 17 heavy (non-hydrogen) atoms. The zero-order valence-electron chi connectivity index (χ0n) is 11.2. The molecule has 2 fully saturated rings. The summed E-state index contributed by atoms with van der Waals surface area (Å²) in [5.41, 5.74) is 0. The Balaban J connectivity index is 1.98. The largest absolute Gasteiger partial charge is 0.337 e. The van der Waals surface area contributed by atoms with Crippen molar-refractivity contribution in [2.24, 2.45) is 5.92 Å². The third-order valence-corrected chi connectivity index (χ3v) is 4.04. The minimum atomic E-state index is 0.400. The smallest absolute Gasteiger partial charge is 0.223 e. The topological polar surface area (TPSA) is 32.3 Å². The molecule has 0 aromatic rings. The van der Waals surface area contributed by atoms with Gasteiger partial charge in [0.05, 0.1) is 0 Å². The van der Waals surface area contributed by atoms with Gasteiger partial charge in [0.1, 0.15) is 0 Å². The molecule has 1 amide bonds. The lowest BCUT2D eigenvalue weighted by molar-refractivity contribution is -0.139. The van der Waals surface area contributed by atoms with E-state index in [1.165, 1.54) is 19.3 Å². The van der Waals surface area contributed by atoms with E-state index in [-0.39, 0.29) is 0 Å². The molecule has 0 aromatic heterocycles. The summed E-state index contributed by atoms with van der Waals surface area (Å²) in [5.74, 6) is 0.878. The third kappa shape index (κ3) is 3.21. The van der Waals surface area contributed by atoms with Crippen molar-refractivity contribution in [1.29, 1.82) is 0 Å². The summed E-state index contributed by atoms with van der Waals surface area (Å²) < 4.78 is 0. The molecule has 0 radical (unpaired) electrons. The van der Waals surface area contributed by atoms with Crippen LogP contribution in [0.3, 0.4) is 0 Å². The number of piperidine rings is 1. The molecule has 98 valence electrons. The quantitative estimate of drug-likeness (QED) is 0.814. The maximum Gasteiger partial charge on any atom is 0.223 e. The van der Waals surface area contributed by atoms with E-state index < -0.39 is 0 Å². The van der Waals surface area contributed by atoms with Crippen LogP contribution in [0.25, 0.3) is 0 Å². The van der Waals surface area contributed by atoms with Crippen LogP contribution in [0.5, 0.6) is 0 Å². The Hall–Kier alpha value is -0.570. The van der Waals surface area contributed by atoms with Crippen molar-refractivity contribution < 1.29 is 4.79 Å². The molecule has 1 aliphatic carbocycles. The monoisotopic (exact) mass is 238 g/mol. The Labute approximate surface area is 105 Å². The second-order valence-corrected chi connectivity index (χ2v) is 5.96. The normalized spacial score (nSPS) is 22.5. The van der Waals surface area contributed by atoms with Crippen molar-refractivity contribution in [3.8, 4) is 0 Å². The maximum atomic E-state index is 12.4. The average molecular weight is 238 g/mol. The number of hydrogen-bond donors (Lipinski definition) is 1. The van der Waals surface area contributed by atoms with Crippen LogP contribution in [0.1, 0.15) is 52.4 Å². The second kappa shape index (κ2) is 5.85. The summed E-state index contributed by atoms with van der Waals surface area (Å²) in [6, 6.07) is 1.07. The van der Waals surface area contributed by atoms with Gasteiger partial charge in [0, 0.05) is 18.5 Å². The van der Waals surface area contributed by atoms with E-state index in [2.05, 4.69) is 24.1 Å². The van der Waals surface area contributed by atoms with Crippen LogP contribution in [-0.4, -0.2) is 36.0 Å². The zero-order chi connectivity index (χ0) is 12.3. The van der Waals surface area contributed by atoms with E-state index >= 15 is 0 Å². The summed E-state index contributed by atoms with van der Waals surface area (Å²) >= 11 is 0. The van der Waals surface area contributed by atoms with Crippen molar-refractivity contribution in [3.05, 3.63) is 0 Å². The number of carbonyl (C=O) groups is 1. The highest BCUT2D eigenvalue weighted by Crippen LogP contribution is 2.30. The van der Waals surface area contributed by atoms with Crippen LogP contribution in [0.15, 0.2) is 0 Å². The lowest BCUT2D eigenvalue weighted by atomic mass is 9.88. The highest BCUT2D eigenvalue weighted by molar-refractivity contribution is 5.77. The fourth-order valence-corrected chi connectivity index (χ4v) is 2.91. The first-order valence-electron chi connectivity index (χ1n) is 7.20. The Morgan fingerprint density at radius 2 is 1.76 bits per heavy atom. The molecule has 2 rings (SSSR count). The lowest BCUT2D eigenvalue weighted by Crippen LogP contribution is -2.53. The minimum absolute atomic E-state index is 0.400. The van der Waals surface area contributed by atoms with Gasteiger partial charge in [-0.3, -0.25) is 4.79 Å². The number of hydrogen-bond acceptors (Lipinski definition) is 2. The van der Waals surface area contributed by atoms with Gasteiger partial charge in [-0.25, -0.2) is 0 Å². The van der Waals surface area contributed by atoms with Gasteiger partial charge in [-0.2, -0.15) is 0 Å². The first-order chi connectivity index (χ1) is 8.18.